The van der Waals surface area contributed by atoms with E-state index in [-0.39, 0.29) is 23.8 Å². The van der Waals surface area contributed by atoms with E-state index in [0.29, 0.717) is 24.6 Å². The summed E-state index contributed by atoms with van der Waals surface area (Å²) in [5.74, 6) is 0.577. The second kappa shape index (κ2) is 6.76. The molecule has 24 heavy (non-hydrogen) atoms. The molecule has 2 aromatic rings. The van der Waals surface area contributed by atoms with Crippen LogP contribution in [0.5, 0.6) is 0 Å². The van der Waals surface area contributed by atoms with Gasteiger partial charge in [-0.2, -0.15) is 5.10 Å². The summed E-state index contributed by atoms with van der Waals surface area (Å²) in [4.78, 5) is 27.6. The number of carbonyl (C=O) groups excluding carboxylic acids is 2. The lowest BCUT2D eigenvalue weighted by Crippen LogP contribution is -2.44. The van der Waals surface area contributed by atoms with Gasteiger partial charge < -0.3 is 10.2 Å². The molecular formula is C17H22N4O2S. The predicted molar refractivity (Wildman–Crippen MR) is 93.9 cm³/mol. The van der Waals surface area contributed by atoms with Gasteiger partial charge in [0, 0.05) is 30.1 Å². The van der Waals surface area contributed by atoms with Gasteiger partial charge in [0.05, 0.1) is 12.0 Å². The number of H-pyrrole nitrogens is 1. The van der Waals surface area contributed by atoms with Gasteiger partial charge in [-0.25, -0.2) is 0 Å². The van der Waals surface area contributed by atoms with Crippen molar-refractivity contribution < 1.29 is 9.59 Å². The molecule has 0 spiro atoms. The molecule has 0 aliphatic carbocycles. The normalized spacial score (nSPS) is 21.3. The van der Waals surface area contributed by atoms with Gasteiger partial charge in [0.15, 0.2) is 5.82 Å². The fourth-order valence-electron chi connectivity index (χ4n) is 3.08. The van der Waals surface area contributed by atoms with Crippen molar-refractivity contribution in [1.29, 1.82) is 0 Å². The van der Waals surface area contributed by atoms with Gasteiger partial charge in [0.1, 0.15) is 0 Å². The van der Waals surface area contributed by atoms with Crippen LogP contribution in [-0.4, -0.2) is 34.0 Å². The molecule has 3 rings (SSSR count). The minimum Gasteiger partial charge on any atom is -0.337 e. The Hall–Kier alpha value is -2.15. The van der Waals surface area contributed by atoms with Crippen molar-refractivity contribution in [2.75, 3.05) is 12.4 Å². The lowest BCUT2D eigenvalue weighted by molar-refractivity contribution is -0.140. The van der Waals surface area contributed by atoms with Crippen molar-refractivity contribution in [3.8, 4) is 0 Å². The van der Waals surface area contributed by atoms with Crippen LogP contribution in [-0.2, 0) is 9.59 Å². The molecule has 0 bridgehead atoms. The lowest BCUT2D eigenvalue weighted by Gasteiger charge is -2.37. The van der Waals surface area contributed by atoms with Crippen molar-refractivity contribution in [2.45, 2.75) is 38.6 Å². The number of aromatic nitrogens is 2. The molecule has 1 aliphatic rings. The second-order valence-electron chi connectivity index (χ2n) is 6.46. The molecule has 0 saturated carbocycles. The highest BCUT2D eigenvalue weighted by Crippen LogP contribution is 2.38. The Morgan fingerprint density at radius 1 is 1.50 bits per heavy atom. The quantitative estimate of drug-likeness (QED) is 0.893. The van der Waals surface area contributed by atoms with Gasteiger partial charge in [-0.15, -0.1) is 11.3 Å². The molecule has 2 unspecified atom stereocenters. The van der Waals surface area contributed by atoms with E-state index in [0.717, 1.165) is 10.6 Å². The first kappa shape index (κ1) is 16.7. The van der Waals surface area contributed by atoms with Crippen molar-refractivity contribution in [2.24, 2.45) is 5.92 Å². The molecule has 2 amide bonds. The lowest BCUT2D eigenvalue weighted by atomic mass is 9.87. The fraction of sp³-hybridized carbons (Fsp3) is 0.471. The number of nitrogens with zero attached hydrogens (tertiary/aromatic N) is 2. The van der Waals surface area contributed by atoms with Crippen LogP contribution >= 0.6 is 11.3 Å². The molecule has 3 heterocycles. The zero-order valence-corrected chi connectivity index (χ0v) is 14.9. The maximum Gasteiger partial charge on any atom is 0.231 e. The molecule has 0 aromatic carbocycles. The SMILES string of the molecule is CC(C)c1cc(NC(=O)C2CCC(=O)N(C)C2c2cccs2)n[nH]1. The topological polar surface area (TPSA) is 78.1 Å². The summed E-state index contributed by atoms with van der Waals surface area (Å²) in [6.45, 7) is 4.13. The van der Waals surface area contributed by atoms with Crippen LogP contribution < -0.4 is 5.32 Å². The number of anilines is 1. The number of carbonyl (C=O) groups is 2. The summed E-state index contributed by atoms with van der Waals surface area (Å²) >= 11 is 1.58. The van der Waals surface area contributed by atoms with Crippen LogP contribution in [0.3, 0.4) is 0 Å². The summed E-state index contributed by atoms with van der Waals surface area (Å²) < 4.78 is 0. The van der Waals surface area contributed by atoms with Crippen molar-refractivity contribution in [1.82, 2.24) is 15.1 Å². The fourth-order valence-corrected chi connectivity index (χ4v) is 4.01. The molecule has 2 atom stereocenters. The van der Waals surface area contributed by atoms with Gasteiger partial charge in [-0.1, -0.05) is 19.9 Å². The van der Waals surface area contributed by atoms with E-state index in [4.69, 9.17) is 0 Å². The van der Waals surface area contributed by atoms with Crippen LogP contribution in [0, 0.1) is 5.92 Å². The number of aromatic amines is 1. The first-order valence-corrected chi connectivity index (χ1v) is 9.00. The largest absolute Gasteiger partial charge is 0.337 e. The first-order valence-electron chi connectivity index (χ1n) is 8.12. The first-order chi connectivity index (χ1) is 11.5. The molecule has 1 aliphatic heterocycles. The molecule has 0 radical (unpaired) electrons. The van der Waals surface area contributed by atoms with Crippen LogP contribution in [0.15, 0.2) is 23.6 Å². The van der Waals surface area contributed by atoms with E-state index in [1.54, 1.807) is 23.3 Å². The number of likely N-dealkylation sites (tertiary alicyclic amines) is 1. The maximum absolute atomic E-state index is 12.8. The number of amides is 2. The number of nitrogens with one attached hydrogen (secondary N) is 2. The van der Waals surface area contributed by atoms with Crippen molar-refractivity contribution in [3.05, 3.63) is 34.2 Å². The third-order valence-electron chi connectivity index (χ3n) is 4.50. The standard InChI is InChI=1S/C17H22N4O2S/c1-10(2)12-9-14(20-19-12)18-17(23)11-6-7-15(22)21(3)16(11)13-5-4-8-24-13/h4-5,8-11,16H,6-7H2,1-3H3,(H2,18,19,20,23). The molecule has 2 N–H and O–H groups in total. The number of thiophene rings is 1. The summed E-state index contributed by atoms with van der Waals surface area (Å²) in [6.07, 6.45) is 0.952. The molecule has 7 heteroatoms. The molecule has 1 saturated heterocycles. The van der Waals surface area contributed by atoms with E-state index in [1.165, 1.54) is 0 Å². The predicted octanol–water partition coefficient (Wildman–Crippen LogP) is 3.14. The molecule has 2 aromatic heterocycles. The Morgan fingerprint density at radius 2 is 2.29 bits per heavy atom. The monoisotopic (exact) mass is 346 g/mol. The highest BCUT2D eigenvalue weighted by Gasteiger charge is 2.39. The minimum absolute atomic E-state index is 0.0827. The molecular weight excluding hydrogens is 324 g/mol. The Balaban J connectivity index is 1.79. The number of rotatable bonds is 4. The zero-order valence-electron chi connectivity index (χ0n) is 14.1. The van der Waals surface area contributed by atoms with E-state index in [1.807, 2.05) is 23.6 Å². The highest BCUT2D eigenvalue weighted by atomic mass is 32.1. The number of piperidine rings is 1. The Kier molecular flexibility index (Phi) is 4.71. The van der Waals surface area contributed by atoms with Gasteiger partial charge in [-0.05, 0) is 23.8 Å². The van der Waals surface area contributed by atoms with E-state index in [2.05, 4.69) is 29.4 Å². The smallest absolute Gasteiger partial charge is 0.231 e. The van der Waals surface area contributed by atoms with Gasteiger partial charge >= 0.3 is 0 Å². The molecule has 6 nitrogen and oxygen atoms in total. The third-order valence-corrected chi connectivity index (χ3v) is 5.45. The average molecular weight is 346 g/mol. The van der Waals surface area contributed by atoms with Gasteiger partial charge in [0.2, 0.25) is 11.8 Å². The van der Waals surface area contributed by atoms with E-state index >= 15 is 0 Å². The minimum atomic E-state index is -0.273. The Morgan fingerprint density at radius 3 is 2.92 bits per heavy atom. The summed E-state index contributed by atoms with van der Waals surface area (Å²) in [6, 6.07) is 5.58. The van der Waals surface area contributed by atoms with Crippen molar-refractivity contribution in [3.63, 3.8) is 0 Å². The summed E-state index contributed by atoms with van der Waals surface area (Å²) in [5, 5.41) is 12.0. The average Bonchev–Trinajstić information content (AvgIpc) is 3.21. The van der Waals surface area contributed by atoms with Crippen molar-refractivity contribution >= 4 is 29.0 Å². The summed E-state index contributed by atoms with van der Waals surface area (Å²) in [7, 11) is 1.78. The maximum atomic E-state index is 12.8. The van der Waals surface area contributed by atoms with Crippen LogP contribution in [0.25, 0.3) is 0 Å². The Bertz CT molecular complexity index is 723. The Labute approximate surface area is 145 Å². The third kappa shape index (κ3) is 3.21. The van der Waals surface area contributed by atoms with Crippen LogP contribution in [0.1, 0.15) is 49.2 Å². The molecule has 128 valence electrons. The van der Waals surface area contributed by atoms with E-state index in [9.17, 15) is 9.59 Å². The summed E-state index contributed by atoms with van der Waals surface area (Å²) in [5.41, 5.74) is 0.982. The van der Waals surface area contributed by atoms with Gasteiger partial charge in [-0.3, -0.25) is 14.7 Å². The van der Waals surface area contributed by atoms with E-state index < -0.39 is 0 Å². The zero-order chi connectivity index (χ0) is 17.3. The van der Waals surface area contributed by atoms with Crippen LogP contribution in [0.4, 0.5) is 5.82 Å². The second-order valence-corrected chi connectivity index (χ2v) is 7.44. The van der Waals surface area contributed by atoms with Crippen LogP contribution in [0.2, 0.25) is 0 Å². The number of hydrogen-bond acceptors (Lipinski definition) is 4. The molecule has 1 fully saturated rings. The van der Waals surface area contributed by atoms with Gasteiger partial charge in [0.25, 0.3) is 0 Å². The number of hydrogen-bond donors (Lipinski definition) is 2. The highest BCUT2D eigenvalue weighted by molar-refractivity contribution is 7.10.